The third kappa shape index (κ3) is 4.85. The molecule has 0 N–H and O–H groups in total. The third-order valence-electron chi connectivity index (χ3n) is 4.51. The number of anilines is 1. The lowest BCUT2D eigenvalue weighted by molar-refractivity contribution is -0.165. The molecule has 0 spiro atoms. The average Bonchev–Trinajstić information content (AvgIpc) is 2.58. The van der Waals surface area contributed by atoms with Crippen molar-refractivity contribution in [3.8, 4) is 0 Å². The summed E-state index contributed by atoms with van der Waals surface area (Å²) in [4.78, 5) is 17.1. The number of amides is 1. The van der Waals surface area contributed by atoms with E-state index in [1.807, 2.05) is 29.2 Å². The highest BCUT2D eigenvalue weighted by molar-refractivity contribution is 5.79. The summed E-state index contributed by atoms with van der Waals surface area (Å²) in [5.74, 6) is -0.465. The van der Waals surface area contributed by atoms with Gasteiger partial charge in [-0.2, -0.15) is 13.2 Å². The first-order valence-electron chi connectivity index (χ1n) is 8.40. The number of piperazine rings is 1. The highest BCUT2D eigenvalue weighted by Crippen LogP contribution is 2.24. The topological polar surface area (TPSA) is 36.0 Å². The zero-order valence-electron chi connectivity index (χ0n) is 14.0. The fraction of sp³-hybridized carbons (Fsp3) is 0.588. The Bertz CT molecular complexity index is 603. The molecule has 2 aliphatic heterocycles. The Morgan fingerprint density at radius 1 is 1.04 bits per heavy atom. The minimum absolute atomic E-state index is 0.0214. The molecule has 2 heterocycles. The van der Waals surface area contributed by atoms with Crippen LogP contribution in [0.5, 0.6) is 0 Å². The van der Waals surface area contributed by atoms with Gasteiger partial charge in [0.2, 0.25) is 5.91 Å². The van der Waals surface area contributed by atoms with Gasteiger partial charge in [-0.1, -0.05) is 18.2 Å². The molecule has 0 bridgehead atoms. The molecule has 25 heavy (non-hydrogen) atoms. The van der Waals surface area contributed by atoms with Crippen molar-refractivity contribution in [3.05, 3.63) is 29.8 Å². The Balaban J connectivity index is 1.63. The van der Waals surface area contributed by atoms with Crippen molar-refractivity contribution in [3.63, 3.8) is 0 Å². The summed E-state index contributed by atoms with van der Waals surface area (Å²) in [6, 6.07) is 7.97. The van der Waals surface area contributed by atoms with Crippen LogP contribution in [0, 0.1) is 0 Å². The van der Waals surface area contributed by atoms with Gasteiger partial charge in [-0.3, -0.25) is 9.69 Å². The van der Waals surface area contributed by atoms with E-state index in [1.54, 1.807) is 0 Å². The van der Waals surface area contributed by atoms with Crippen molar-refractivity contribution in [2.45, 2.75) is 12.7 Å². The van der Waals surface area contributed by atoms with E-state index in [4.69, 9.17) is 4.74 Å². The SMILES string of the molecule is O=C1CN(Cc2ccccc2N2CCOCC2)CCN1CC(F)(F)F. The molecule has 0 aromatic heterocycles. The minimum atomic E-state index is -4.35. The fourth-order valence-corrected chi connectivity index (χ4v) is 3.27. The van der Waals surface area contributed by atoms with Crippen LogP contribution in [0.25, 0.3) is 0 Å². The monoisotopic (exact) mass is 357 g/mol. The zero-order chi connectivity index (χ0) is 17.9. The molecule has 1 aromatic carbocycles. The van der Waals surface area contributed by atoms with Gasteiger partial charge in [0.25, 0.3) is 0 Å². The van der Waals surface area contributed by atoms with Crippen LogP contribution in [-0.4, -0.2) is 74.4 Å². The van der Waals surface area contributed by atoms with Gasteiger partial charge in [0, 0.05) is 38.4 Å². The number of hydrogen-bond donors (Lipinski definition) is 0. The van der Waals surface area contributed by atoms with Gasteiger partial charge in [0.1, 0.15) is 6.54 Å². The van der Waals surface area contributed by atoms with Crippen molar-refractivity contribution >= 4 is 11.6 Å². The first-order valence-corrected chi connectivity index (χ1v) is 8.40. The number of benzene rings is 1. The van der Waals surface area contributed by atoms with Crippen molar-refractivity contribution in [2.24, 2.45) is 0 Å². The van der Waals surface area contributed by atoms with Crippen LogP contribution in [0.15, 0.2) is 24.3 Å². The molecule has 8 heteroatoms. The van der Waals surface area contributed by atoms with Gasteiger partial charge >= 0.3 is 6.18 Å². The second-order valence-corrected chi connectivity index (χ2v) is 6.37. The van der Waals surface area contributed by atoms with Crippen LogP contribution in [0.3, 0.4) is 0 Å². The van der Waals surface area contributed by atoms with Crippen LogP contribution in [0.4, 0.5) is 18.9 Å². The number of morpholine rings is 1. The Labute approximate surface area is 144 Å². The van der Waals surface area contributed by atoms with Crippen LogP contribution in [0.2, 0.25) is 0 Å². The molecule has 1 amide bonds. The van der Waals surface area contributed by atoms with E-state index in [0.29, 0.717) is 26.3 Å². The largest absolute Gasteiger partial charge is 0.406 e. The van der Waals surface area contributed by atoms with Crippen molar-refractivity contribution in [2.75, 3.05) is 57.4 Å². The molecule has 0 radical (unpaired) electrons. The predicted octanol–water partition coefficient (Wildman–Crippen LogP) is 1.73. The summed E-state index contributed by atoms with van der Waals surface area (Å²) >= 11 is 0. The van der Waals surface area contributed by atoms with Gasteiger partial charge in [0.15, 0.2) is 0 Å². The summed E-state index contributed by atoms with van der Waals surface area (Å²) < 4.78 is 42.9. The van der Waals surface area contributed by atoms with Crippen molar-refractivity contribution in [1.82, 2.24) is 9.80 Å². The molecule has 0 aliphatic carbocycles. The van der Waals surface area contributed by atoms with E-state index in [1.165, 1.54) is 0 Å². The number of nitrogens with zero attached hydrogens (tertiary/aromatic N) is 3. The summed E-state index contributed by atoms with van der Waals surface area (Å²) in [5.41, 5.74) is 2.19. The molecule has 3 rings (SSSR count). The van der Waals surface area contributed by atoms with Crippen LogP contribution < -0.4 is 4.90 Å². The smallest absolute Gasteiger partial charge is 0.378 e. The number of halogens is 3. The molecule has 0 atom stereocenters. The Kier molecular flexibility index (Phi) is 5.48. The maximum atomic E-state index is 12.5. The second kappa shape index (κ2) is 7.61. The summed E-state index contributed by atoms with van der Waals surface area (Å²) in [6.07, 6.45) is -4.35. The Hall–Kier alpha value is -1.80. The normalized spacial score (nSPS) is 20.2. The van der Waals surface area contributed by atoms with Crippen molar-refractivity contribution < 1.29 is 22.7 Å². The lowest BCUT2D eigenvalue weighted by atomic mass is 10.1. The lowest BCUT2D eigenvalue weighted by Gasteiger charge is -2.36. The van der Waals surface area contributed by atoms with Crippen LogP contribution in [-0.2, 0) is 16.1 Å². The molecule has 1 aromatic rings. The number of hydrogen-bond acceptors (Lipinski definition) is 4. The van der Waals surface area contributed by atoms with Crippen LogP contribution in [0.1, 0.15) is 5.56 Å². The van der Waals surface area contributed by atoms with Gasteiger partial charge in [0.05, 0.1) is 19.8 Å². The molecule has 2 aliphatic rings. The summed E-state index contributed by atoms with van der Waals surface area (Å²) in [6.45, 7) is 2.96. The van der Waals surface area contributed by atoms with Gasteiger partial charge in [-0.25, -0.2) is 0 Å². The molecular weight excluding hydrogens is 335 g/mol. The summed E-state index contributed by atoms with van der Waals surface area (Å²) in [7, 11) is 0. The Morgan fingerprint density at radius 3 is 2.44 bits per heavy atom. The molecule has 0 saturated carbocycles. The first-order chi connectivity index (χ1) is 11.9. The second-order valence-electron chi connectivity index (χ2n) is 6.37. The maximum absolute atomic E-state index is 12.5. The third-order valence-corrected chi connectivity index (χ3v) is 4.51. The molecule has 0 unspecified atom stereocenters. The molecule has 2 fully saturated rings. The highest BCUT2D eigenvalue weighted by Gasteiger charge is 2.35. The first kappa shape index (κ1) is 18.0. The average molecular weight is 357 g/mol. The van der Waals surface area contributed by atoms with Gasteiger partial charge < -0.3 is 14.5 Å². The summed E-state index contributed by atoms with van der Waals surface area (Å²) in [5, 5.41) is 0. The predicted molar refractivity (Wildman–Crippen MR) is 87.4 cm³/mol. The minimum Gasteiger partial charge on any atom is -0.378 e. The molecule has 2 saturated heterocycles. The number of alkyl halides is 3. The maximum Gasteiger partial charge on any atom is 0.406 e. The van der Waals surface area contributed by atoms with E-state index in [2.05, 4.69) is 4.90 Å². The zero-order valence-corrected chi connectivity index (χ0v) is 14.0. The quantitative estimate of drug-likeness (QED) is 0.822. The lowest BCUT2D eigenvalue weighted by Crippen LogP contribution is -2.52. The van der Waals surface area contributed by atoms with E-state index >= 15 is 0 Å². The number of para-hydroxylation sites is 1. The van der Waals surface area contributed by atoms with Crippen molar-refractivity contribution in [1.29, 1.82) is 0 Å². The number of carbonyl (C=O) groups is 1. The van der Waals surface area contributed by atoms with Gasteiger partial charge in [-0.15, -0.1) is 0 Å². The number of carbonyl (C=O) groups excluding carboxylic acids is 1. The van der Waals surface area contributed by atoms with E-state index in [0.717, 1.165) is 29.2 Å². The molecular formula is C17H22F3N3O2. The van der Waals surface area contributed by atoms with E-state index in [-0.39, 0.29) is 13.1 Å². The molecule has 5 nitrogen and oxygen atoms in total. The highest BCUT2D eigenvalue weighted by atomic mass is 19.4. The molecule has 138 valence electrons. The standard InChI is InChI=1S/C17H22F3N3O2/c18-17(19,20)13-23-6-5-21(12-16(23)24)11-14-3-1-2-4-15(14)22-7-9-25-10-8-22/h1-4H,5-13H2. The fourth-order valence-electron chi connectivity index (χ4n) is 3.27. The van der Waals surface area contributed by atoms with Crippen LogP contribution >= 0.6 is 0 Å². The number of ether oxygens (including phenoxy) is 1. The number of rotatable bonds is 4. The Morgan fingerprint density at radius 2 is 1.76 bits per heavy atom. The van der Waals surface area contributed by atoms with E-state index < -0.39 is 18.6 Å². The van der Waals surface area contributed by atoms with Gasteiger partial charge in [-0.05, 0) is 11.6 Å². The van der Waals surface area contributed by atoms with E-state index in [9.17, 15) is 18.0 Å².